The minimum Gasteiger partial charge on any atom is -0.479 e. The molecule has 1 aromatic carbocycles. The molecule has 1 unspecified atom stereocenters. The number of carbonyl (C=O) groups is 2. The van der Waals surface area contributed by atoms with Crippen molar-refractivity contribution in [1.29, 1.82) is 0 Å². The average Bonchev–Trinajstić information content (AvgIpc) is 2.94. The van der Waals surface area contributed by atoms with Gasteiger partial charge in [0.2, 0.25) is 0 Å². The number of hydrogen-bond donors (Lipinski definition) is 3. The number of hydrogen-bond acceptors (Lipinski definition) is 6. The van der Waals surface area contributed by atoms with E-state index in [2.05, 4.69) is 31.3 Å². The van der Waals surface area contributed by atoms with E-state index < -0.39 is 12.0 Å². The van der Waals surface area contributed by atoms with Gasteiger partial charge in [0, 0.05) is 5.69 Å². The van der Waals surface area contributed by atoms with Gasteiger partial charge >= 0.3 is 0 Å². The van der Waals surface area contributed by atoms with Crippen LogP contribution >= 0.6 is 0 Å². The number of nitrogens with one attached hydrogen (secondary N) is 3. The van der Waals surface area contributed by atoms with Crippen LogP contribution in [0.5, 0.6) is 5.75 Å². The lowest BCUT2D eigenvalue weighted by atomic mass is 10.2. The summed E-state index contributed by atoms with van der Waals surface area (Å²) in [5.41, 5.74) is 0.982. The minimum absolute atomic E-state index is 0.0726. The smallest absolute Gasteiger partial charge is 0.297 e. The molecule has 1 atom stereocenters. The molecule has 0 fully saturated rings. The van der Waals surface area contributed by atoms with Crippen molar-refractivity contribution in [1.82, 2.24) is 20.6 Å². The standard InChI is InChI=1S/C11H10N6O3/c1-5-10(18)13-7-4-6(2-3-8(7)20-5)12-11(19)9-14-16-17-15-9/h2-5H,1H3,(H,12,19)(H,13,18)(H,14,15,16,17). The number of amides is 2. The van der Waals surface area contributed by atoms with E-state index in [1.165, 1.54) is 0 Å². The summed E-state index contributed by atoms with van der Waals surface area (Å²) in [5, 5.41) is 17.9. The number of anilines is 2. The van der Waals surface area contributed by atoms with Gasteiger partial charge in [0.25, 0.3) is 17.6 Å². The number of rotatable bonds is 2. The second-order valence-corrected chi connectivity index (χ2v) is 4.15. The maximum absolute atomic E-state index is 11.7. The highest BCUT2D eigenvalue weighted by Crippen LogP contribution is 2.32. The van der Waals surface area contributed by atoms with Crippen LogP contribution in [-0.2, 0) is 4.79 Å². The molecule has 1 aromatic heterocycles. The van der Waals surface area contributed by atoms with E-state index in [9.17, 15) is 9.59 Å². The van der Waals surface area contributed by atoms with Crippen molar-refractivity contribution in [3.8, 4) is 5.75 Å². The van der Waals surface area contributed by atoms with E-state index in [4.69, 9.17) is 4.74 Å². The molecule has 1 aliphatic heterocycles. The predicted molar refractivity (Wildman–Crippen MR) is 67.3 cm³/mol. The monoisotopic (exact) mass is 274 g/mol. The highest BCUT2D eigenvalue weighted by atomic mass is 16.5. The molecular weight excluding hydrogens is 264 g/mol. The zero-order valence-corrected chi connectivity index (χ0v) is 10.4. The molecule has 1 aliphatic rings. The molecular formula is C11H10N6O3. The first-order chi connectivity index (χ1) is 9.63. The Kier molecular flexibility index (Phi) is 2.78. The maximum Gasteiger partial charge on any atom is 0.297 e. The van der Waals surface area contributed by atoms with Gasteiger partial charge in [-0.25, -0.2) is 0 Å². The lowest BCUT2D eigenvalue weighted by molar-refractivity contribution is -0.122. The first-order valence-electron chi connectivity index (χ1n) is 5.80. The second kappa shape index (κ2) is 4.61. The molecule has 2 amide bonds. The van der Waals surface area contributed by atoms with Gasteiger partial charge in [0.05, 0.1) is 5.69 Å². The van der Waals surface area contributed by atoms with Crippen LogP contribution in [0.2, 0.25) is 0 Å². The highest BCUT2D eigenvalue weighted by molar-refractivity contribution is 6.03. The Morgan fingerprint density at radius 3 is 3.05 bits per heavy atom. The van der Waals surface area contributed by atoms with Crippen molar-refractivity contribution >= 4 is 23.2 Å². The Bertz CT molecular complexity index is 669. The van der Waals surface area contributed by atoms with Crippen LogP contribution in [0.25, 0.3) is 0 Å². The average molecular weight is 274 g/mol. The van der Waals surface area contributed by atoms with Crippen LogP contribution in [0, 0.1) is 0 Å². The number of nitrogens with zero attached hydrogens (tertiary/aromatic N) is 3. The van der Waals surface area contributed by atoms with Gasteiger partial charge < -0.3 is 15.4 Å². The van der Waals surface area contributed by atoms with Crippen molar-refractivity contribution < 1.29 is 14.3 Å². The predicted octanol–water partition coefficient (Wildman–Crippen LogP) is 0.171. The number of carbonyl (C=O) groups excluding carboxylic acids is 2. The van der Waals surface area contributed by atoms with E-state index in [0.29, 0.717) is 17.1 Å². The Hall–Kier alpha value is -2.97. The summed E-state index contributed by atoms with van der Waals surface area (Å²) in [4.78, 5) is 23.3. The zero-order chi connectivity index (χ0) is 14.1. The van der Waals surface area contributed by atoms with E-state index in [1.54, 1.807) is 25.1 Å². The van der Waals surface area contributed by atoms with Crippen LogP contribution in [-0.4, -0.2) is 38.5 Å². The van der Waals surface area contributed by atoms with Gasteiger partial charge in [0.1, 0.15) is 5.75 Å². The normalized spacial score (nSPS) is 16.9. The minimum atomic E-state index is -0.540. The van der Waals surface area contributed by atoms with Gasteiger partial charge in [-0.1, -0.05) is 0 Å². The summed E-state index contributed by atoms with van der Waals surface area (Å²) < 4.78 is 5.41. The number of ether oxygens (including phenoxy) is 1. The number of aromatic amines is 1. The summed E-state index contributed by atoms with van der Waals surface area (Å²) in [6.45, 7) is 1.66. The van der Waals surface area contributed by atoms with Crippen molar-refractivity contribution in [2.75, 3.05) is 10.6 Å². The molecule has 0 saturated carbocycles. The van der Waals surface area contributed by atoms with Gasteiger partial charge in [-0.15, -0.1) is 10.2 Å². The molecule has 0 aliphatic carbocycles. The molecule has 2 heterocycles. The molecule has 3 rings (SSSR count). The lowest BCUT2D eigenvalue weighted by Crippen LogP contribution is -2.34. The third-order valence-electron chi connectivity index (χ3n) is 2.72. The lowest BCUT2D eigenvalue weighted by Gasteiger charge is -2.23. The van der Waals surface area contributed by atoms with Gasteiger partial charge in [-0.05, 0) is 30.3 Å². The van der Waals surface area contributed by atoms with E-state index >= 15 is 0 Å². The number of tetrazole rings is 1. The van der Waals surface area contributed by atoms with Gasteiger partial charge in [-0.2, -0.15) is 5.21 Å². The third kappa shape index (κ3) is 2.16. The van der Waals surface area contributed by atoms with E-state index in [0.717, 1.165) is 0 Å². The van der Waals surface area contributed by atoms with Crippen LogP contribution in [0.1, 0.15) is 17.5 Å². The summed E-state index contributed by atoms with van der Waals surface area (Å²) in [5.74, 6) is -0.263. The molecule has 20 heavy (non-hydrogen) atoms. The number of aromatic nitrogens is 4. The first-order valence-corrected chi connectivity index (χ1v) is 5.80. The largest absolute Gasteiger partial charge is 0.479 e. The van der Waals surface area contributed by atoms with Crippen molar-refractivity contribution in [3.05, 3.63) is 24.0 Å². The third-order valence-corrected chi connectivity index (χ3v) is 2.72. The number of fused-ring (bicyclic) bond motifs is 1. The Balaban J connectivity index is 1.81. The van der Waals surface area contributed by atoms with Gasteiger partial charge in [0.15, 0.2) is 6.10 Å². The molecule has 0 saturated heterocycles. The maximum atomic E-state index is 11.7. The molecule has 0 radical (unpaired) electrons. The fraction of sp³-hybridized carbons (Fsp3) is 0.182. The van der Waals surface area contributed by atoms with E-state index in [1.807, 2.05) is 0 Å². The summed E-state index contributed by atoms with van der Waals surface area (Å²) in [6, 6.07) is 4.91. The zero-order valence-electron chi connectivity index (χ0n) is 10.4. The second-order valence-electron chi connectivity index (χ2n) is 4.15. The molecule has 2 aromatic rings. The highest BCUT2D eigenvalue weighted by Gasteiger charge is 2.23. The topological polar surface area (TPSA) is 122 Å². The van der Waals surface area contributed by atoms with Crippen LogP contribution in [0.15, 0.2) is 18.2 Å². The Labute approximate surface area is 112 Å². The number of benzene rings is 1. The van der Waals surface area contributed by atoms with Crippen LogP contribution in [0.4, 0.5) is 11.4 Å². The molecule has 0 spiro atoms. The summed E-state index contributed by atoms with van der Waals surface area (Å²) in [7, 11) is 0. The molecule has 9 heteroatoms. The van der Waals surface area contributed by atoms with Crippen LogP contribution < -0.4 is 15.4 Å². The number of H-pyrrole nitrogens is 1. The van der Waals surface area contributed by atoms with Crippen molar-refractivity contribution in [3.63, 3.8) is 0 Å². The summed E-state index contributed by atoms with van der Waals surface area (Å²) >= 11 is 0. The fourth-order valence-electron chi connectivity index (χ4n) is 1.73. The van der Waals surface area contributed by atoms with Crippen molar-refractivity contribution in [2.24, 2.45) is 0 Å². The summed E-state index contributed by atoms with van der Waals surface area (Å²) in [6.07, 6.45) is -0.540. The SMILES string of the molecule is CC1Oc2ccc(NC(=O)c3nn[nH]n3)cc2NC1=O. The first kappa shape index (κ1) is 12.1. The van der Waals surface area contributed by atoms with E-state index in [-0.39, 0.29) is 11.7 Å². The molecule has 3 N–H and O–H groups in total. The Morgan fingerprint density at radius 2 is 2.30 bits per heavy atom. The molecule has 102 valence electrons. The van der Waals surface area contributed by atoms with Crippen LogP contribution in [0.3, 0.4) is 0 Å². The van der Waals surface area contributed by atoms with Crippen molar-refractivity contribution in [2.45, 2.75) is 13.0 Å². The Morgan fingerprint density at radius 1 is 1.45 bits per heavy atom. The molecule has 0 bridgehead atoms. The fourth-order valence-corrected chi connectivity index (χ4v) is 1.73. The van der Waals surface area contributed by atoms with Gasteiger partial charge in [-0.3, -0.25) is 9.59 Å². The quantitative estimate of drug-likeness (QED) is 0.717. The molecule has 9 nitrogen and oxygen atoms in total.